The predicted molar refractivity (Wildman–Crippen MR) is 110 cm³/mol. The average Bonchev–Trinajstić information content (AvgIpc) is 2.68. The number of hydrogen-bond donors (Lipinski definition) is 2. The van der Waals surface area contributed by atoms with Gasteiger partial charge in [-0.05, 0) is 13.0 Å². The number of pyridine rings is 1. The number of nitrogens with two attached hydrogens (primary N) is 2. The van der Waals surface area contributed by atoms with Crippen LogP contribution in [0.1, 0.15) is 5.69 Å². The van der Waals surface area contributed by atoms with Crippen LogP contribution in [0.3, 0.4) is 0 Å². The molecule has 11 heteroatoms. The molecule has 0 atom stereocenters. The summed E-state index contributed by atoms with van der Waals surface area (Å²) in [5, 5.41) is 0.954. The fraction of sp³-hybridized carbons (Fsp3) is 0.105. The fourth-order valence-electron chi connectivity index (χ4n) is 2.93. The van der Waals surface area contributed by atoms with Gasteiger partial charge in [-0.2, -0.15) is 0 Å². The lowest BCUT2D eigenvalue weighted by Gasteiger charge is -2.24. The van der Waals surface area contributed by atoms with Gasteiger partial charge in [0, 0.05) is 18.3 Å². The number of aromatic nitrogens is 3. The number of hydrazine groups is 1. The molecule has 0 saturated carbocycles. The third-order valence-electron chi connectivity index (χ3n) is 4.34. The molecular weight excluding hydrogens is 418 g/mol. The van der Waals surface area contributed by atoms with Crippen molar-refractivity contribution in [2.24, 2.45) is 5.84 Å². The van der Waals surface area contributed by atoms with Crippen molar-refractivity contribution in [3.05, 3.63) is 73.8 Å². The number of nitrogens with zero attached hydrogens (tertiary/aromatic N) is 4. The first-order valence-electron chi connectivity index (χ1n) is 8.37. The van der Waals surface area contributed by atoms with Gasteiger partial charge < -0.3 is 5.73 Å². The van der Waals surface area contributed by atoms with E-state index in [2.05, 4.69) is 10.9 Å². The molecule has 3 rings (SSSR count). The van der Waals surface area contributed by atoms with Gasteiger partial charge in [0.2, 0.25) is 0 Å². The second-order valence-corrected chi connectivity index (χ2v) is 6.64. The first-order chi connectivity index (χ1) is 14.2. The Morgan fingerprint density at radius 3 is 2.53 bits per heavy atom. The van der Waals surface area contributed by atoms with Crippen LogP contribution in [0.25, 0.3) is 5.69 Å². The van der Waals surface area contributed by atoms with E-state index >= 15 is 0 Å². The van der Waals surface area contributed by atoms with E-state index < -0.39 is 22.9 Å². The van der Waals surface area contributed by atoms with Gasteiger partial charge in [-0.15, -0.1) is 6.42 Å². The minimum Gasteiger partial charge on any atom is -0.397 e. The third-order valence-corrected chi connectivity index (χ3v) is 4.55. The average molecular weight is 433 g/mol. The lowest BCUT2D eigenvalue weighted by Crippen LogP contribution is -2.44. The van der Waals surface area contributed by atoms with E-state index in [4.69, 9.17) is 29.6 Å². The fourth-order valence-corrected chi connectivity index (χ4v) is 3.09. The quantitative estimate of drug-likeness (QED) is 0.282. The van der Waals surface area contributed by atoms with Crippen LogP contribution >= 0.6 is 11.6 Å². The zero-order valence-corrected chi connectivity index (χ0v) is 16.3. The summed E-state index contributed by atoms with van der Waals surface area (Å²) in [5.74, 6) is 5.99. The van der Waals surface area contributed by atoms with Crippen LogP contribution in [0, 0.1) is 30.9 Å². The van der Waals surface area contributed by atoms with Gasteiger partial charge in [0.15, 0.2) is 11.6 Å². The molecule has 0 spiro atoms. The second-order valence-electron chi connectivity index (χ2n) is 6.20. The lowest BCUT2D eigenvalue weighted by atomic mass is 10.2. The maximum absolute atomic E-state index is 13.8. The maximum atomic E-state index is 13.8. The van der Waals surface area contributed by atoms with E-state index in [9.17, 15) is 18.4 Å². The summed E-state index contributed by atoms with van der Waals surface area (Å²) in [4.78, 5) is 30.1. The Bertz CT molecular complexity index is 1310. The van der Waals surface area contributed by atoms with E-state index in [1.54, 1.807) is 0 Å². The van der Waals surface area contributed by atoms with Gasteiger partial charge in [-0.25, -0.2) is 24.0 Å². The molecule has 0 fully saturated rings. The van der Waals surface area contributed by atoms with Crippen molar-refractivity contribution in [2.75, 3.05) is 10.7 Å². The number of hydrogen-bond acceptors (Lipinski definition) is 6. The molecule has 0 unspecified atom stereocenters. The summed E-state index contributed by atoms with van der Waals surface area (Å²) in [5.41, 5.74) is 3.67. The van der Waals surface area contributed by atoms with Crippen LogP contribution in [-0.2, 0) is 6.54 Å². The molecular formula is C19H15ClF2N6O2. The van der Waals surface area contributed by atoms with Crippen LogP contribution in [0.4, 0.5) is 25.8 Å². The Labute approximate surface area is 173 Å². The summed E-state index contributed by atoms with van der Waals surface area (Å²) < 4.78 is 29.1. The predicted octanol–water partition coefficient (Wildman–Crippen LogP) is 1.86. The molecule has 0 radical (unpaired) electrons. The van der Waals surface area contributed by atoms with E-state index in [1.807, 2.05) is 0 Å². The molecule has 0 aliphatic rings. The van der Waals surface area contributed by atoms with Gasteiger partial charge in [-0.3, -0.25) is 19.4 Å². The summed E-state index contributed by atoms with van der Waals surface area (Å²) in [7, 11) is 0. The van der Waals surface area contributed by atoms with E-state index in [-0.39, 0.29) is 40.0 Å². The van der Waals surface area contributed by atoms with Crippen LogP contribution in [0.2, 0.25) is 5.02 Å². The Morgan fingerprint density at radius 1 is 1.23 bits per heavy atom. The van der Waals surface area contributed by atoms with Crippen molar-refractivity contribution < 1.29 is 8.78 Å². The van der Waals surface area contributed by atoms with Gasteiger partial charge in [-0.1, -0.05) is 17.5 Å². The van der Waals surface area contributed by atoms with Crippen LogP contribution in [0.5, 0.6) is 0 Å². The van der Waals surface area contributed by atoms with Crippen LogP contribution < -0.4 is 27.8 Å². The minimum absolute atomic E-state index is 0.0659. The highest BCUT2D eigenvalue weighted by atomic mass is 35.5. The Kier molecular flexibility index (Phi) is 5.60. The molecule has 4 N–H and O–H groups in total. The molecule has 2 heterocycles. The molecule has 2 aromatic heterocycles. The van der Waals surface area contributed by atoms with E-state index in [0.29, 0.717) is 0 Å². The molecule has 154 valence electrons. The SMILES string of the molecule is C#CCn1c(C)c(N(N)c2cc(F)c(F)cc2N)c(=O)n(-c2cncc(Cl)c2)c1=O. The zero-order chi connectivity index (χ0) is 22.2. The smallest absolute Gasteiger partial charge is 0.336 e. The van der Waals surface area contributed by atoms with Gasteiger partial charge in [0.25, 0.3) is 5.56 Å². The third kappa shape index (κ3) is 3.52. The Balaban J connectivity index is 2.38. The number of anilines is 3. The molecule has 8 nitrogen and oxygen atoms in total. The molecule has 1 aromatic carbocycles. The highest BCUT2D eigenvalue weighted by molar-refractivity contribution is 6.30. The monoisotopic (exact) mass is 432 g/mol. The van der Waals surface area contributed by atoms with Crippen LogP contribution in [-0.4, -0.2) is 14.1 Å². The number of benzene rings is 1. The van der Waals surface area contributed by atoms with E-state index in [0.717, 1.165) is 26.3 Å². The number of halogens is 3. The summed E-state index contributed by atoms with van der Waals surface area (Å²) in [6, 6.07) is 2.83. The summed E-state index contributed by atoms with van der Waals surface area (Å²) in [6.07, 6.45) is 7.93. The molecule has 0 amide bonds. The molecule has 30 heavy (non-hydrogen) atoms. The highest BCUT2D eigenvalue weighted by Gasteiger charge is 2.24. The standard InChI is InChI=1S/C19H15ClF2N6O2/c1-3-4-26-10(2)17(28(24)16-7-14(22)13(21)6-15(16)23)18(29)27(19(26)30)12-5-11(20)8-25-9-12/h1,5-9H,4,23-24H2,2H3. The van der Waals surface area contributed by atoms with Crippen molar-refractivity contribution in [1.29, 1.82) is 0 Å². The normalized spacial score (nSPS) is 10.7. The molecule has 0 aliphatic heterocycles. The van der Waals surface area contributed by atoms with Crippen LogP contribution in [0.15, 0.2) is 40.2 Å². The topological polar surface area (TPSA) is 112 Å². The van der Waals surface area contributed by atoms with Crippen molar-refractivity contribution in [3.8, 4) is 18.0 Å². The van der Waals surface area contributed by atoms with Crippen molar-refractivity contribution >= 4 is 28.7 Å². The molecule has 0 aliphatic carbocycles. The van der Waals surface area contributed by atoms with Gasteiger partial charge >= 0.3 is 5.69 Å². The first kappa shape index (κ1) is 21.0. The summed E-state index contributed by atoms with van der Waals surface area (Å²) in [6.45, 7) is 1.25. The van der Waals surface area contributed by atoms with E-state index in [1.165, 1.54) is 25.4 Å². The second kappa shape index (κ2) is 7.98. The summed E-state index contributed by atoms with van der Waals surface area (Å²) >= 11 is 5.94. The zero-order valence-electron chi connectivity index (χ0n) is 15.6. The van der Waals surface area contributed by atoms with Gasteiger partial charge in [0.05, 0.1) is 40.5 Å². The van der Waals surface area contributed by atoms with Crippen molar-refractivity contribution in [1.82, 2.24) is 14.1 Å². The number of nitrogen functional groups attached to an aromatic ring is 1. The lowest BCUT2D eigenvalue weighted by molar-refractivity contribution is 0.509. The Hall–Kier alpha value is -3.68. The largest absolute Gasteiger partial charge is 0.397 e. The Morgan fingerprint density at radius 2 is 1.90 bits per heavy atom. The molecule has 3 aromatic rings. The van der Waals surface area contributed by atoms with Crippen molar-refractivity contribution in [2.45, 2.75) is 13.5 Å². The highest BCUT2D eigenvalue weighted by Crippen LogP contribution is 2.29. The number of terminal acetylenes is 1. The van der Waals surface area contributed by atoms with Gasteiger partial charge in [0.1, 0.15) is 5.69 Å². The minimum atomic E-state index is -1.22. The number of rotatable bonds is 4. The maximum Gasteiger partial charge on any atom is 0.336 e. The first-order valence-corrected chi connectivity index (χ1v) is 8.75. The van der Waals surface area contributed by atoms with Crippen molar-refractivity contribution in [3.63, 3.8) is 0 Å². The molecule has 0 bridgehead atoms. The molecule has 0 saturated heterocycles.